The van der Waals surface area contributed by atoms with E-state index in [0.717, 1.165) is 4.90 Å². The monoisotopic (exact) mass is 406 g/mol. The third-order valence-electron chi connectivity index (χ3n) is 3.70. The van der Waals surface area contributed by atoms with Gasteiger partial charge in [-0.05, 0) is 48.1 Å². The minimum Gasteiger partial charge on any atom is -0.497 e. The molecule has 0 saturated carbocycles. The number of amides is 2. The lowest BCUT2D eigenvalue weighted by Gasteiger charge is -2.29. The van der Waals surface area contributed by atoms with E-state index in [2.05, 4.69) is 5.32 Å². The van der Waals surface area contributed by atoms with Gasteiger partial charge < -0.3 is 4.74 Å². The summed E-state index contributed by atoms with van der Waals surface area (Å²) in [5.41, 5.74) is 0.892. The Morgan fingerprint density at radius 1 is 1.12 bits per heavy atom. The smallest absolute Gasteiger partial charge is 0.270 e. The number of methoxy groups -OCH3 is 1. The highest BCUT2D eigenvalue weighted by molar-refractivity contribution is 7.80. The van der Waals surface area contributed by atoms with Gasteiger partial charge in [-0.15, -0.1) is 0 Å². The molecule has 132 valence electrons. The summed E-state index contributed by atoms with van der Waals surface area (Å²) in [5.74, 6) is -0.496. The summed E-state index contributed by atoms with van der Waals surface area (Å²) < 4.78 is 5.10. The highest BCUT2D eigenvalue weighted by atomic mass is 35.5. The van der Waals surface area contributed by atoms with Crippen LogP contribution in [0.3, 0.4) is 0 Å². The van der Waals surface area contributed by atoms with E-state index >= 15 is 0 Å². The molecule has 1 aliphatic rings. The molecule has 1 heterocycles. The summed E-state index contributed by atoms with van der Waals surface area (Å²) in [7, 11) is 1.55. The summed E-state index contributed by atoms with van der Waals surface area (Å²) in [6.45, 7) is 0. The average Bonchev–Trinajstić information content (AvgIpc) is 2.62. The molecule has 2 aromatic rings. The molecular formula is C18H12Cl2N2O3S. The van der Waals surface area contributed by atoms with E-state index in [4.69, 9.17) is 40.2 Å². The van der Waals surface area contributed by atoms with E-state index in [1.165, 1.54) is 6.08 Å². The Kier molecular flexibility index (Phi) is 5.27. The summed E-state index contributed by atoms with van der Waals surface area (Å²) >= 11 is 17.4. The van der Waals surface area contributed by atoms with Crippen LogP contribution >= 0.6 is 35.4 Å². The van der Waals surface area contributed by atoms with Crippen molar-refractivity contribution < 1.29 is 14.3 Å². The average molecular weight is 407 g/mol. The van der Waals surface area contributed by atoms with Crippen LogP contribution in [0, 0.1) is 0 Å². The van der Waals surface area contributed by atoms with Crippen molar-refractivity contribution in [3.63, 3.8) is 0 Å². The number of anilines is 1. The first-order valence-corrected chi connectivity index (χ1v) is 8.58. The largest absolute Gasteiger partial charge is 0.497 e. The maximum atomic E-state index is 12.9. The first-order chi connectivity index (χ1) is 12.4. The lowest BCUT2D eigenvalue weighted by Crippen LogP contribution is -2.54. The van der Waals surface area contributed by atoms with Crippen LogP contribution in [-0.4, -0.2) is 24.0 Å². The second-order valence-electron chi connectivity index (χ2n) is 5.30. The highest BCUT2D eigenvalue weighted by Gasteiger charge is 2.35. The zero-order valence-corrected chi connectivity index (χ0v) is 15.8. The van der Waals surface area contributed by atoms with Crippen LogP contribution in [0.5, 0.6) is 5.75 Å². The molecule has 3 rings (SSSR count). The van der Waals surface area contributed by atoms with Crippen LogP contribution in [0.15, 0.2) is 48.0 Å². The van der Waals surface area contributed by atoms with Crippen LogP contribution in [0.2, 0.25) is 10.0 Å². The third kappa shape index (κ3) is 3.44. The van der Waals surface area contributed by atoms with Crippen molar-refractivity contribution in [2.45, 2.75) is 0 Å². The molecule has 2 amide bonds. The van der Waals surface area contributed by atoms with Crippen LogP contribution < -0.4 is 15.0 Å². The molecule has 2 aromatic carbocycles. The fourth-order valence-electron chi connectivity index (χ4n) is 2.41. The molecule has 1 aliphatic heterocycles. The number of halogens is 2. The van der Waals surface area contributed by atoms with E-state index in [9.17, 15) is 9.59 Å². The van der Waals surface area contributed by atoms with E-state index in [1.54, 1.807) is 49.6 Å². The van der Waals surface area contributed by atoms with E-state index in [0.29, 0.717) is 17.0 Å². The van der Waals surface area contributed by atoms with E-state index in [1.807, 2.05) is 0 Å². The molecule has 1 fully saturated rings. The van der Waals surface area contributed by atoms with Crippen LogP contribution in [-0.2, 0) is 9.59 Å². The molecule has 0 aromatic heterocycles. The Balaban J connectivity index is 2.02. The van der Waals surface area contributed by atoms with Crippen molar-refractivity contribution >= 4 is 64.1 Å². The first-order valence-electron chi connectivity index (χ1n) is 7.42. The molecule has 26 heavy (non-hydrogen) atoms. The number of carbonyl (C=O) groups excluding carboxylic acids is 2. The number of ether oxygens (including phenoxy) is 1. The predicted molar refractivity (Wildman–Crippen MR) is 106 cm³/mol. The molecule has 1 N–H and O–H groups in total. The summed E-state index contributed by atoms with van der Waals surface area (Å²) in [6, 6.07) is 11.8. The maximum absolute atomic E-state index is 12.9. The van der Waals surface area contributed by atoms with E-state index in [-0.39, 0.29) is 20.7 Å². The molecule has 0 atom stereocenters. The Morgan fingerprint density at radius 3 is 2.46 bits per heavy atom. The van der Waals surface area contributed by atoms with Gasteiger partial charge in [-0.2, -0.15) is 0 Å². The van der Waals surface area contributed by atoms with Crippen molar-refractivity contribution in [1.82, 2.24) is 5.32 Å². The number of benzene rings is 2. The van der Waals surface area contributed by atoms with Crippen molar-refractivity contribution in [2.24, 2.45) is 0 Å². The van der Waals surface area contributed by atoms with Gasteiger partial charge in [0.15, 0.2) is 5.11 Å². The van der Waals surface area contributed by atoms with Gasteiger partial charge >= 0.3 is 0 Å². The van der Waals surface area contributed by atoms with Gasteiger partial charge in [-0.25, -0.2) is 0 Å². The summed E-state index contributed by atoms with van der Waals surface area (Å²) in [5, 5.41) is 2.89. The van der Waals surface area contributed by atoms with Gasteiger partial charge in [-0.3, -0.25) is 19.8 Å². The minimum absolute atomic E-state index is 0.0592. The fraction of sp³-hybridized carbons (Fsp3) is 0.0556. The number of nitrogens with zero attached hydrogens (tertiary/aromatic N) is 1. The number of thiocarbonyl (C=S) groups is 1. The maximum Gasteiger partial charge on any atom is 0.270 e. The van der Waals surface area contributed by atoms with Crippen molar-refractivity contribution in [2.75, 3.05) is 12.0 Å². The molecule has 8 heteroatoms. The zero-order valence-electron chi connectivity index (χ0n) is 13.5. The highest BCUT2D eigenvalue weighted by Crippen LogP contribution is 2.34. The second-order valence-corrected chi connectivity index (χ2v) is 6.48. The van der Waals surface area contributed by atoms with E-state index < -0.39 is 11.8 Å². The lowest BCUT2D eigenvalue weighted by molar-refractivity contribution is -0.122. The Labute approximate surface area is 165 Å². The predicted octanol–water partition coefficient (Wildman–Crippen LogP) is 3.83. The molecule has 0 bridgehead atoms. The number of rotatable bonds is 3. The normalized spacial score (nSPS) is 16.0. The van der Waals surface area contributed by atoms with Crippen LogP contribution in [0.1, 0.15) is 5.56 Å². The zero-order chi connectivity index (χ0) is 18.8. The standard InChI is InChI=1S/C18H12Cl2N2O3S/c1-25-11-7-5-10(6-8-11)9-12-16(23)21-18(26)22(17(12)24)14-4-2-3-13(19)15(14)20/h2-9H,1H3,(H,21,23,26)/b12-9+. The molecule has 1 saturated heterocycles. The van der Waals surface area contributed by atoms with Crippen LogP contribution in [0.4, 0.5) is 5.69 Å². The van der Waals surface area contributed by atoms with Gasteiger partial charge in [-0.1, -0.05) is 41.4 Å². The van der Waals surface area contributed by atoms with Gasteiger partial charge in [0.05, 0.1) is 22.8 Å². The minimum atomic E-state index is -0.585. The first kappa shape index (κ1) is 18.4. The van der Waals surface area contributed by atoms with Gasteiger partial charge in [0.2, 0.25) is 0 Å². The fourth-order valence-corrected chi connectivity index (χ4v) is 3.06. The Morgan fingerprint density at radius 2 is 1.81 bits per heavy atom. The molecule has 0 radical (unpaired) electrons. The van der Waals surface area contributed by atoms with Gasteiger partial charge in [0.25, 0.3) is 11.8 Å². The van der Waals surface area contributed by atoms with Crippen molar-refractivity contribution in [1.29, 1.82) is 0 Å². The topological polar surface area (TPSA) is 58.6 Å². The summed E-state index contributed by atoms with van der Waals surface area (Å²) in [4.78, 5) is 26.3. The number of hydrogen-bond acceptors (Lipinski definition) is 4. The Bertz CT molecular complexity index is 942. The molecule has 0 unspecified atom stereocenters. The third-order valence-corrected chi connectivity index (χ3v) is 4.79. The van der Waals surface area contributed by atoms with Crippen LogP contribution in [0.25, 0.3) is 6.08 Å². The lowest BCUT2D eigenvalue weighted by atomic mass is 10.1. The quantitative estimate of drug-likeness (QED) is 0.477. The molecule has 0 spiro atoms. The van der Waals surface area contributed by atoms with Gasteiger partial charge in [0.1, 0.15) is 11.3 Å². The van der Waals surface area contributed by atoms with Crippen molar-refractivity contribution in [3.05, 3.63) is 63.6 Å². The Hall–Kier alpha value is -2.41. The number of carbonyl (C=O) groups is 2. The summed E-state index contributed by atoms with van der Waals surface area (Å²) in [6.07, 6.45) is 1.48. The second kappa shape index (κ2) is 7.45. The van der Waals surface area contributed by atoms with Crippen molar-refractivity contribution in [3.8, 4) is 5.75 Å². The molecule has 5 nitrogen and oxygen atoms in total. The van der Waals surface area contributed by atoms with Gasteiger partial charge in [0, 0.05) is 0 Å². The SMILES string of the molecule is COc1ccc(/C=C2\C(=O)NC(=S)N(c3cccc(Cl)c3Cl)C2=O)cc1. The number of hydrogen-bond donors (Lipinski definition) is 1. The number of nitrogens with one attached hydrogen (secondary N) is 1. The molecule has 0 aliphatic carbocycles. The molecular weight excluding hydrogens is 395 g/mol.